The van der Waals surface area contributed by atoms with E-state index in [1.807, 2.05) is 50.9 Å². The Hall–Kier alpha value is -2.65. The number of hydrogen-bond donors (Lipinski definition) is 0. The van der Waals surface area contributed by atoms with Crippen molar-refractivity contribution >= 4 is 23.5 Å². The van der Waals surface area contributed by atoms with Crippen LogP contribution < -0.4 is 9.64 Å². The number of rotatable bonds is 6. The molecule has 0 saturated carbocycles. The van der Waals surface area contributed by atoms with Gasteiger partial charge in [-0.3, -0.25) is 4.90 Å². The highest BCUT2D eigenvalue weighted by Crippen LogP contribution is 2.39. The van der Waals surface area contributed by atoms with E-state index in [9.17, 15) is 4.79 Å². The van der Waals surface area contributed by atoms with E-state index in [0.717, 1.165) is 18.4 Å². The third-order valence-electron chi connectivity index (χ3n) is 6.70. The largest absolute Gasteiger partial charge is 0.467 e. The zero-order valence-corrected chi connectivity index (χ0v) is 22.2. The van der Waals surface area contributed by atoms with Gasteiger partial charge in [0, 0.05) is 30.8 Å². The molecule has 2 aliphatic rings. The van der Waals surface area contributed by atoms with Gasteiger partial charge < -0.3 is 19.1 Å². The lowest BCUT2D eigenvalue weighted by Crippen LogP contribution is -2.65. The maximum atomic E-state index is 15.9. The number of methoxy groups -OCH3 is 1. The molecule has 0 unspecified atom stereocenters. The van der Waals surface area contributed by atoms with Crippen molar-refractivity contribution in [1.29, 1.82) is 0 Å². The highest BCUT2D eigenvalue weighted by atomic mass is 35.5. The molecule has 8 nitrogen and oxygen atoms in total. The Kier molecular flexibility index (Phi) is 7.90. The van der Waals surface area contributed by atoms with Crippen LogP contribution >= 0.6 is 11.6 Å². The second kappa shape index (κ2) is 10.8. The van der Waals surface area contributed by atoms with Gasteiger partial charge in [0.25, 0.3) is 0 Å². The smallest absolute Gasteiger partial charge is 0.410 e. The molecular formula is C26H34ClFN4O4. The van der Waals surface area contributed by atoms with Crippen LogP contribution in [-0.4, -0.2) is 72.0 Å². The molecule has 2 fully saturated rings. The van der Waals surface area contributed by atoms with Crippen molar-refractivity contribution in [1.82, 2.24) is 15.1 Å². The molecule has 1 aromatic heterocycles. The number of piperidine rings is 2. The van der Waals surface area contributed by atoms with E-state index in [4.69, 9.17) is 25.8 Å². The summed E-state index contributed by atoms with van der Waals surface area (Å²) < 4.78 is 32.1. The summed E-state index contributed by atoms with van der Waals surface area (Å²) in [6.45, 7) is 5.55. The number of halogens is 2. The normalized spacial score (nSPS) is 23.8. The minimum atomic E-state index is -1.23. The van der Waals surface area contributed by atoms with Gasteiger partial charge in [-0.05, 0) is 76.8 Å². The molecule has 196 valence electrons. The van der Waals surface area contributed by atoms with Crippen molar-refractivity contribution in [2.24, 2.45) is 0 Å². The number of ether oxygens (including phenoxy) is 3. The fraction of sp³-hybridized carbons (Fsp3) is 0.577. The van der Waals surface area contributed by atoms with Crippen molar-refractivity contribution in [3.63, 3.8) is 0 Å². The molecule has 2 saturated heterocycles. The number of fused-ring (bicyclic) bond motifs is 2. The monoisotopic (exact) mass is 520 g/mol. The van der Waals surface area contributed by atoms with Crippen LogP contribution in [0.5, 0.6) is 5.75 Å². The summed E-state index contributed by atoms with van der Waals surface area (Å²) in [5.41, 5.74) is 0.700. The summed E-state index contributed by atoms with van der Waals surface area (Å²) in [6.07, 6.45) is 1.19. The van der Waals surface area contributed by atoms with Gasteiger partial charge in [-0.1, -0.05) is 11.6 Å². The zero-order chi connectivity index (χ0) is 26.0. The van der Waals surface area contributed by atoms with Gasteiger partial charge in [0.2, 0.25) is 0 Å². The molecule has 1 aromatic carbocycles. The first-order chi connectivity index (χ1) is 17.1. The number of amides is 1. The Labute approximate surface area is 216 Å². The first-order valence-corrected chi connectivity index (χ1v) is 12.6. The van der Waals surface area contributed by atoms with Crippen LogP contribution in [0.3, 0.4) is 0 Å². The van der Waals surface area contributed by atoms with Gasteiger partial charge >= 0.3 is 6.09 Å². The predicted octanol–water partition coefficient (Wildman–Crippen LogP) is 5.48. The first-order valence-electron chi connectivity index (χ1n) is 12.2. The Morgan fingerprint density at radius 1 is 1.22 bits per heavy atom. The van der Waals surface area contributed by atoms with Gasteiger partial charge in [-0.25, -0.2) is 9.18 Å². The number of anilines is 1. The van der Waals surface area contributed by atoms with Crippen LogP contribution in [0.25, 0.3) is 11.3 Å². The number of hydrogen-bond acceptors (Lipinski definition) is 7. The molecule has 3 heterocycles. The topological polar surface area (TPSA) is 77.0 Å². The number of benzene rings is 1. The lowest BCUT2D eigenvalue weighted by molar-refractivity contribution is -0.0467. The second-order valence-electron chi connectivity index (χ2n) is 10.4. The number of carbonyl (C=O) groups excluding carboxylic acids is 1. The van der Waals surface area contributed by atoms with Crippen molar-refractivity contribution < 1.29 is 23.4 Å². The Morgan fingerprint density at radius 2 is 2.00 bits per heavy atom. The molecule has 1 amide bonds. The van der Waals surface area contributed by atoms with Crippen LogP contribution in [-0.2, 0) is 9.47 Å². The van der Waals surface area contributed by atoms with Gasteiger partial charge in [0.05, 0.1) is 17.8 Å². The molecule has 2 aromatic rings. The van der Waals surface area contributed by atoms with Crippen LogP contribution in [0.2, 0.25) is 5.02 Å². The van der Waals surface area contributed by atoms with Gasteiger partial charge in [-0.2, -0.15) is 0 Å². The van der Waals surface area contributed by atoms with Crippen LogP contribution in [0, 0.1) is 0 Å². The first kappa shape index (κ1) is 26.4. The molecule has 4 atom stereocenters. The fourth-order valence-electron chi connectivity index (χ4n) is 5.07. The molecule has 2 bridgehead atoms. The van der Waals surface area contributed by atoms with Crippen LogP contribution in [0.4, 0.5) is 15.0 Å². The molecule has 36 heavy (non-hydrogen) atoms. The molecule has 0 spiro atoms. The van der Waals surface area contributed by atoms with Crippen molar-refractivity contribution in [2.75, 3.05) is 25.9 Å². The standard InChI is InChI=1S/C26H34ClFN4O4/c1-26(2,3)36-25(33)32-17-7-6-8-20(32)24(28)21(14-17)31(4)23-12-11-19(29-30-23)18-10-9-16(27)13-22(18)35-15-34-5/h9-13,17,20-21,24H,6-8,14-15H2,1-5H3/t17-,20+,21-,24+/m1/s1. The predicted molar refractivity (Wildman–Crippen MR) is 136 cm³/mol. The van der Waals surface area contributed by atoms with Gasteiger partial charge in [0.1, 0.15) is 17.5 Å². The molecule has 0 aliphatic carbocycles. The van der Waals surface area contributed by atoms with E-state index in [1.54, 1.807) is 24.1 Å². The third-order valence-corrected chi connectivity index (χ3v) is 6.94. The molecule has 0 radical (unpaired) electrons. The summed E-state index contributed by atoms with van der Waals surface area (Å²) in [4.78, 5) is 16.4. The maximum Gasteiger partial charge on any atom is 0.410 e. The number of aromatic nitrogens is 2. The van der Waals surface area contributed by atoms with Crippen molar-refractivity contribution in [3.05, 3.63) is 35.4 Å². The zero-order valence-electron chi connectivity index (χ0n) is 21.4. The highest BCUT2D eigenvalue weighted by Gasteiger charge is 2.50. The molecule has 10 heteroatoms. The van der Waals surface area contributed by atoms with Crippen LogP contribution in [0.1, 0.15) is 46.5 Å². The molecule has 4 rings (SSSR count). The van der Waals surface area contributed by atoms with E-state index in [0.29, 0.717) is 35.1 Å². The average molecular weight is 521 g/mol. The van der Waals surface area contributed by atoms with E-state index in [2.05, 4.69) is 10.2 Å². The quantitative estimate of drug-likeness (QED) is 0.466. The molecular weight excluding hydrogens is 487 g/mol. The minimum absolute atomic E-state index is 0.0696. The Bertz CT molecular complexity index is 1060. The van der Waals surface area contributed by atoms with Crippen LogP contribution in [0.15, 0.2) is 30.3 Å². The number of carbonyl (C=O) groups is 1. The Balaban J connectivity index is 1.52. The summed E-state index contributed by atoms with van der Waals surface area (Å²) >= 11 is 6.12. The summed E-state index contributed by atoms with van der Waals surface area (Å²) in [7, 11) is 3.37. The third kappa shape index (κ3) is 5.67. The summed E-state index contributed by atoms with van der Waals surface area (Å²) in [6, 6.07) is 7.90. The maximum absolute atomic E-state index is 15.9. The lowest BCUT2D eigenvalue weighted by Gasteiger charge is -2.52. The number of alkyl halides is 1. The Morgan fingerprint density at radius 3 is 2.67 bits per heavy atom. The SMILES string of the molecule is COCOc1cc(Cl)ccc1-c1ccc(N(C)[C@@H]2C[C@H]3CCC[C@@H]([C@@H]2F)N3C(=O)OC(C)(C)C)nn1. The molecule has 0 N–H and O–H groups in total. The lowest BCUT2D eigenvalue weighted by atomic mass is 9.80. The van der Waals surface area contributed by atoms with Gasteiger partial charge in [0.15, 0.2) is 12.6 Å². The van der Waals surface area contributed by atoms with Crippen molar-refractivity contribution in [2.45, 2.75) is 76.4 Å². The summed E-state index contributed by atoms with van der Waals surface area (Å²) in [5, 5.41) is 9.30. The number of nitrogens with zero attached hydrogens (tertiary/aromatic N) is 4. The summed E-state index contributed by atoms with van der Waals surface area (Å²) in [5.74, 6) is 1.09. The van der Waals surface area contributed by atoms with Crippen molar-refractivity contribution in [3.8, 4) is 17.0 Å². The second-order valence-corrected chi connectivity index (χ2v) is 10.8. The average Bonchev–Trinajstić information content (AvgIpc) is 2.83. The minimum Gasteiger partial charge on any atom is -0.467 e. The van der Waals surface area contributed by atoms with E-state index >= 15 is 4.39 Å². The highest BCUT2D eigenvalue weighted by molar-refractivity contribution is 6.30. The fourth-order valence-corrected chi connectivity index (χ4v) is 5.23. The van der Waals surface area contributed by atoms with E-state index in [1.165, 1.54) is 0 Å². The molecule has 2 aliphatic heterocycles. The van der Waals surface area contributed by atoms with Gasteiger partial charge in [-0.15, -0.1) is 10.2 Å². The van der Waals surface area contributed by atoms with E-state index in [-0.39, 0.29) is 12.8 Å². The van der Waals surface area contributed by atoms with E-state index < -0.39 is 29.9 Å².